The molecule has 1 aliphatic rings. The minimum atomic E-state index is -0.590. The number of aliphatic hydroxyl groups is 1. The molecule has 1 fully saturated rings. The monoisotopic (exact) mass is 293 g/mol. The number of aromatic hydroxyl groups is 1. The maximum atomic E-state index is 10.6. The van der Waals surface area contributed by atoms with Crippen LogP contribution >= 0.6 is 0 Å². The van der Waals surface area contributed by atoms with Crippen molar-refractivity contribution in [1.29, 1.82) is 0 Å². The topological polar surface area (TPSA) is 61.7 Å². The summed E-state index contributed by atoms with van der Waals surface area (Å²) in [6, 6.07) is 5.29. The van der Waals surface area contributed by atoms with E-state index < -0.39 is 5.60 Å². The first-order valence-corrected chi connectivity index (χ1v) is 7.85. The Balaban J connectivity index is 1.81. The van der Waals surface area contributed by atoms with Crippen LogP contribution < -0.4 is 10.1 Å². The molecule has 0 amide bonds. The molecular formula is C17H27NO3. The number of nitrogens with one attached hydrogen (secondary N) is 1. The van der Waals surface area contributed by atoms with Crippen molar-refractivity contribution in [3.8, 4) is 11.5 Å². The van der Waals surface area contributed by atoms with Gasteiger partial charge >= 0.3 is 0 Å². The number of ether oxygens (including phenoxy) is 1. The minimum absolute atomic E-state index is 0.225. The van der Waals surface area contributed by atoms with Crippen LogP contribution in [0, 0.1) is 5.92 Å². The number of methoxy groups -OCH3 is 1. The normalized spacial score (nSPS) is 25.8. The van der Waals surface area contributed by atoms with Gasteiger partial charge in [0, 0.05) is 24.7 Å². The molecule has 3 N–H and O–H groups in total. The van der Waals surface area contributed by atoms with Crippen molar-refractivity contribution in [2.75, 3.05) is 13.7 Å². The third kappa shape index (κ3) is 4.35. The van der Waals surface area contributed by atoms with Gasteiger partial charge in [-0.15, -0.1) is 0 Å². The van der Waals surface area contributed by atoms with Crippen LogP contribution in [0.3, 0.4) is 0 Å². The van der Waals surface area contributed by atoms with Crippen molar-refractivity contribution in [2.45, 2.75) is 51.2 Å². The van der Waals surface area contributed by atoms with Crippen LogP contribution in [0.1, 0.15) is 44.6 Å². The number of hydrogen-bond donors (Lipinski definition) is 3. The molecule has 0 aromatic heterocycles. The Hall–Kier alpha value is -1.26. The summed E-state index contributed by atoms with van der Waals surface area (Å²) in [6.07, 6.45) is 5.17. The zero-order chi connectivity index (χ0) is 15.3. The van der Waals surface area contributed by atoms with Crippen molar-refractivity contribution in [2.24, 2.45) is 5.92 Å². The average molecular weight is 293 g/mol. The summed E-state index contributed by atoms with van der Waals surface area (Å²) >= 11 is 0. The lowest BCUT2D eigenvalue weighted by atomic mass is 9.78. The summed E-state index contributed by atoms with van der Waals surface area (Å²) in [7, 11) is 1.58. The molecule has 118 valence electrons. The van der Waals surface area contributed by atoms with Gasteiger partial charge in [0.15, 0.2) is 0 Å². The fourth-order valence-corrected chi connectivity index (χ4v) is 3.05. The Bertz CT molecular complexity index is 453. The van der Waals surface area contributed by atoms with Gasteiger partial charge in [0.1, 0.15) is 11.5 Å². The lowest BCUT2D eigenvalue weighted by Gasteiger charge is -2.36. The predicted molar refractivity (Wildman–Crippen MR) is 83.6 cm³/mol. The van der Waals surface area contributed by atoms with E-state index in [1.54, 1.807) is 13.2 Å². The van der Waals surface area contributed by atoms with Gasteiger partial charge in [-0.3, -0.25) is 0 Å². The second-order valence-electron chi connectivity index (χ2n) is 6.17. The zero-order valence-corrected chi connectivity index (χ0v) is 13.1. The molecule has 0 atom stereocenters. The number of hydrogen-bond acceptors (Lipinski definition) is 4. The summed E-state index contributed by atoms with van der Waals surface area (Å²) in [5, 5.41) is 23.7. The van der Waals surface area contributed by atoms with Crippen molar-refractivity contribution in [3.63, 3.8) is 0 Å². The molecular weight excluding hydrogens is 266 g/mol. The number of phenols is 1. The largest absolute Gasteiger partial charge is 0.507 e. The Kier molecular flexibility index (Phi) is 5.48. The molecule has 21 heavy (non-hydrogen) atoms. The first-order chi connectivity index (χ1) is 10.1. The number of phenolic OH excluding ortho intramolecular Hbond substituents is 1. The first kappa shape index (κ1) is 16.1. The van der Waals surface area contributed by atoms with Gasteiger partial charge in [-0.2, -0.15) is 0 Å². The maximum absolute atomic E-state index is 10.6. The third-order valence-electron chi connectivity index (χ3n) is 4.68. The maximum Gasteiger partial charge on any atom is 0.123 e. The summed E-state index contributed by atoms with van der Waals surface area (Å²) in [5.41, 5.74) is 0.231. The molecule has 0 heterocycles. The number of benzene rings is 1. The fourth-order valence-electron chi connectivity index (χ4n) is 3.05. The second kappa shape index (κ2) is 7.14. The summed E-state index contributed by atoms with van der Waals surface area (Å²) < 4.78 is 5.07. The molecule has 0 bridgehead atoms. The van der Waals surface area contributed by atoms with Gasteiger partial charge in [-0.25, -0.2) is 0 Å². The quantitative estimate of drug-likeness (QED) is 0.755. The lowest BCUT2D eigenvalue weighted by Crippen LogP contribution is -2.43. The standard InChI is InChI=1S/C17H27NO3/c1-3-13-6-8-17(20,9-7-13)12-18-11-14-4-5-15(21-2)10-16(14)19/h4-5,10,13,18-20H,3,6-9,11-12H2,1-2H3. The molecule has 4 nitrogen and oxygen atoms in total. The summed E-state index contributed by atoms with van der Waals surface area (Å²) in [6.45, 7) is 3.35. The summed E-state index contributed by atoms with van der Waals surface area (Å²) in [5.74, 6) is 1.65. The van der Waals surface area contributed by atoms with Crippen LogP contribution in [0.2, 0.25) is 0 Å². The van der Waals surface area contributed by atoms with Gasteiger partial charge in [-0.1, -0.05) is 19.4 Å². The Morgan fingerprint density at radius 3 is 2.62 bits per heavy atom. The average Bonchev–Trinajstić information content (AvgIpc) is 2.49. The van der Waals surface area contributed by atoms with E-state index in [0.717, 1.165) is 37.2 Å². The molecule has 0 saturated heterocycles. The van der Waals surface area contributed by atoms with E-state index in [4.69, 9.17) is 4.74 Å². The molecule has 0 radical (unpaired) electrons. The Morgan fingerprint density at radius 1 is 1.33 bits per heavy atom. The van der Waals surface area contributed by atoms with Crippen LogP contribution in [0.5, 0.6) is 11.5 Å². The molecule has 1 aliphatic carbocycles. The molecule has 1 aromatic rings. The SMILES string of the molecule is CCC1CCC(O)(CNCc2ccc(OC)cc2O)CC1. The highest BCUT2D eigenvalue weighted by molar-refractivity contribution is 5.39. The van der Waals surface area contributed by atoms with E-state index in [2.05, 4.69) is 12.2 Å². The van der Waals surface area contributed by atoms with Gasteiger partial charge < -0.3 is 20.3 Å². The Labute approximate surface area is 127 Å². The van der Waals surface area contributed by atoms with Crippen molar-refractivity contribution in [1.82, 2.24) is 5.32 Å². The third-order valence-corrected chi connectivity index (χ3v) is 4.68. The van der Waals surface area contributed by atoms with E-state index in [0.29, 0.717) is 18.8 Å². The van der Waals surface area contributed by atoms with E-state index in [1.165, 1.54) is 6.42 Å². The first-order valence-electron chi connectivity index (χ1n) is 7.85. The van der Waals surface area contributed by atoms with Gasteiger partial charge in [-0.05, 0) is 37.7 Å². The molecule has 0 unspecified atom stereocenters. The molecule has 4 heteroatoms. The highest BCUT2D eigenvalue weighted by Crippen LogP contribution is 2.33. The van der Waals surface area contributed by atoms with Crippen LogP contribution in [0.15, 0.2) is 18.2 Å². The smallest absolute Gasteiger partial charge is 0.123 e. The van der Waals surface area contributed by atoms with Crippen LogP contribution in [0.4, 0.5) is 0 Å². The Morgan fingerprint density at radius 2 is 2.05 bits per heavy atom. The highest BCUT2D eigenvalue weighted by atomic mass is 16.5. The molecule has 0 aliphatic heterocycles. The molecule has 1 aromatic carbocycles. The van der Waals surface area contributed by atoms with Gasteiger partial charge in [0.2, 0.25) is 0 Å². The van der Waals surface area contributed by atoms with Gasteiger partial charge in [0.05, 0.1) is 12.7 Å². The van der Waals surface area contributed by atoms with Crippen molar-refractivity contribution < 1.29 is 14.9 Å². The molecule has 2 rings (SSSR count). The minimum Gasteiger partial charge on any atom is -0.507 e. The van der Waals surface area contributed by atoms with Crippen LogP contribution in [0.25, 0.3) is 0 Å². The van der Waals surface area contributed by atoms with Crippen LogP contribution in [-0.2, 0) is 6.54 Å². The van der Waals surface area contributed by atoms with E-state index in [1.807, 2.05) is 12.1 Å². The van der Waals surface area contributed by atoms with Crippen molar-refractivity contribution in [3.05, 3.63) is 23.8 Å². The van der Waals surface area contributed by atoms with Crippen LogP contribution in [-0.4, -0.2) is 29.5 Å². The van der Waals surface area contributed by atoms with E-state index in [9.17, 15) is 10.2 Å². The lowest BCUT2D eigenvalue weighted by molar-refractivity contribution is -0.00884. The molecule has 1 saturated carbocycles. The highest BCUT2D eigenvalue weighted by Gasteiger charge is 2.32. The predicted octanol–water partition coefficient (Wildman–Crippen LogP) is 2.82. The zero-order valence-electron chi connectivity index (χ0n) is 13.1. The van der Waals surface area contributed by atoms with E-state index in [-0.39, 0.29) is 5.75 Å². The second-order valence-corrected chi connectivity index (χ2v) is 6.17. The molecule has 0 spiro atoms. The summed E-state index contributed by atoms with van der Waals surface area (Å²) in [4.78, 5) is 0. The van der Waals surface area contributed by atoms with E-state index >= 15 is 0 Å². The number of rotatable bonds is 6. The van der Waals surface area contributed by atoms with Crippen molar-refractivity contribution >= 4 is 0 Å². The fraction of sp³-hybridized carbons (Fsp3) is 0.647. The van der Waals surface area contributed by atoms with Gasteiger partial charge in [0.25, 0.3) is 0 Å².